The van der Waals surface area contributed by atoms with E-state index in [1.807, 2.05) is 92.7 Å². The first-order valence-electron chi connectivity index (χ1n) is 18.6. The summed E-state index contributed by atoms with van der Waals surface area (Å²) >= 11 is 1.23. The largest absolute Gasteiger partial charge is 0.370 e. The van der Waals surface area contributed by atoms with E-state index in [4.69, 9.17) is 11.5 Å². The molecule has 60 heavy (non-hydrogen) atoms. The molecular formula is C41H57N9O5S5. The lowest BCUT2D eigenvalue weighted by Gasteiger charge is -2.27. The van der Waals surface area contributed by atoms with E-state index >= 15 is 0 Å². The zero-order chi connectivity index (χ0) is 40.2. The predicted octanol–water partition coefficient (Wildman–Crippen LogP) is 3.96. The van der Waals surface area contributed by atoms with Crippen LogP contribution >= 0.6 is 65.3 Å². The molecule has 5 aromatic rings. The molecule has 0 spiro atoms. The van der Waals surface area contributed by atoms with Crippen LogP contribution in [0.4, 0.5) is 0 Å². The fourth-order valence-electron chi connectivity index (χ4n) is 6.45. The van der Waals surface area contributed by atoms with Gasteiger partial charge in [0, 0.05) is 43.4 Å². The predicted molar refractivity (Wildman–Crippen MR) is 260 cm³/mol. The highest BCUT2D eigenvalue weighted by Crippen LogP contribution is 2.24. The van der Waals surface area contributed by atoms with Crippen LogP contribution in [0.1, 0.15) is 61.0 Å². The monoisotopic (exact) mass is 915 g/mol. The molecule has 0 aliphatic rings. The summed E-state index contributed by atoms with van der Waals surface area (Å²) in [6.07, 6.45) is 2.92. The fraction of sp³-hybridized carbons (Fsp3) is 0.341. The molecule has 0 aliphatic carbocycles. The highest BCUT2D eigenvalue weighted by molar-refractivity contribution is 7.59. The number of carbonyl (C=O) groups excluding carboxylic acids is 5. The summed E-state index contributed by atoms with van der Waals surface area (Å²) in [5.74, 6) is -2.61. The van der Waals surface area contributed by atoms with Crippen LogP contribution in [0, 0.1) is 5.92 Å². The molecule has 0 radical (unpaired) electrons. The Hall–Kier alpha value is -4.69. The number of fused-ring (bicyclic) bond motifs is 2. The molecule has 4 amide bonds. The lowest BCUT2D eigenvalue weighted by atomic mass is 9.99. The number of nitrogens with one attached hydrogen (secondary N) is 5. The zero-order valence-corrected chi connectivity index (χ0v) is 38.5. The van der Waals surface area contributed by atoms with E-state index < -0.39 is 47.8 Å². The van der Waals surface area contributed by atoms with Crippen molar-refractivity contribution in [3.05, 3.63) is 101 Å². The average Bonchev–Trinajstić information content (AvgIpc) is 3.79. The van der Waals surface area contributed by atoms with Crippen molar-refractivity contribution in [2.24, 2.45) is 22.4 Å². The molecule has 0 bridgehead atoms. The molecule has 0 saturated heterocycles. The molecule has 326 valence electrons. The number of benzene rings is 3. The molecule has 0 fully saturated rings. The first-order valence-corrected chi connectivity index (χ1v) is 19.4. The smallest absolute Gasteiger partial charge is 0.243 e. The van der Waals surface area contributed by atoms with Crippen LogP contribution in [0.2, 0.25) is 0 Å². The number of nitrogens with zero attached hydrogens (tertiary/aromatic N) is 2. The number of aliphatic imine (C=N–C) groups is 1. The molecule has 14 nitrogen and oxygen atoms in total. The number of aromatic nitrogens is 2. The van der Waals surface area contributed by atoms with Gasteiger partial charge in [-0.2, -0.15) is 54.0 Å². The molecule has 2 aromatic heterocycles. The van der Waals surface area contributed by atoms with E-state index in [-0.39, 0.29) is 109 Å². The van der Waals surface area contributed by atoms with Crippen molar-refractivity contribution in [3.63, 3.8) is 0 Å². The minimum atomic E-state index is -1.13. The van der Waals surface area contributed by atoms with Crippen LogP contribution in [0.25, 0.3) is 21.1 Å². The molecule has 2 heterocycles. The number of carbonyl (C=O) groups is 5. The van der Waals surface area contributed by atoms with Crippen LogP contribution < -0.4 is 32.7 Å². The van der Waals surface area contributed by atoms with Gasteiger partial charge >= 0.3 is 0 Å². The van der Waals surface area contributed by atoms with E-state index in [9.17, 15) is 24.0 Å². The maximum Gasteiger partial charge on any atom is 0.243 e. The first kappa shape index (κ1) is 53.3. The van der Waals surface area contributed by atoms with Gasteiger partial charge in [-0.05, 0) is 54.5 Å². The summed E-state index contributed by atoms with van der Waals surface area (Å²) in [7, 11) is 0. The number of guanidine groups is 1. The number of rotatable bonds is 19. The maximum absolute atomic E-state index is 14.2. The van der Waals surface area contributed by atoms with Gasteiger partial charge in [-0.3, -0.25) is 29.0 Å². The van der Waals surface area contributed by atoms with Crippen molar-refractivity contribution in [3.8, 4) is 0 Å². The number of amides is 4. The molecule has 5 rings (SSSR count). The van der Waals surface area contributed by atoms with Crippen molar-refractivity contribution in [2.75, 3.05) is 6.54 Å². The third kappa shape index (κ3) is 15.4. The minimum Gasteiger partial charge on any atom is -0.370 e. The maximum atomic E-state index is 14.2. The summed E-state index contributed by atoms with van der Waals surface area (Å²) in [6, 6.07) is 20.0. The van der Waals surface area contributed by atoms with Gasteiger partial charge in [0.15, 0.2) is 11.0 Å². The summed E-state index contributed by atoms with van der Waals surface area (Å²) in [5, 5.41) is 12.5. The quantitative estimate of drug-likeness (QED) is 0.0277. The molecule has 0 aliphatic heterocycles. The van der Waals surface area contributed by atoms with Crippen LogP contribution in [0.5, 0.6) is 0 Å². The fourth-order valence-corrected chi connectivity index (χ4v) is 7.41. The molecular weight excluding hydrogens is 859 g/mol. The van der Waals surface area contributed by atoms with Gasteiger partial charge in [0.1, 0.15) is 18.1 Å². The zero-order valence-electron chi connectivity index (χ0n) is 33.7. The summed E-state index contributed by atoms with van der Waals surface area (Å²) in [5.41, 5.74) is 14.2. The number of nitrogens with two attached hydrogens (primary N) is 2. The molecule has 0 unspecified atom stereocenters. The third-order valence-electron chi connectivity index (χ3n) is 9.13. The number of H-pyrrole nitrogens is 1. The molecule has 0 saturated carbocycles. The standard InChI is InChI=1S/C41H49N9O5S.4H2S/c1-24(2)20-32(48-39(55)34(46-25(3)51)22-27-23-45-29-15-8-7-14-28(27)29)37(53)49-33(21-26-12-5-4-6-13-26)38(54)47-31(17-11-19-44-41(42)43)36(52)40-50-30-16-9-10-18-35(30)56-40;;;;/h4-10,12-16,18,23-24,31-34,45H,11,17,19-22H2,1-3H3,(H,46,51)(H,47,54)(H,48,55)(H,49,53)(H4,42,43,44);4*1H2/t31-,32-,33-,34-;;;;/m0..../s1. The lowest BCUT2D eigenvalue weighted by molar-refractivity contribution is -0.133. The van der Waals surface area contributed by atoms with Crippen molar-refractivity contribution in [1.82, 2.24) is 31.2 Å². The lowest BCUT2D eigenvalue weighted by Crippen LogP contribution is -2.58. The molecule has 4 atom stereocenters. The van der Waals surface area contributed by atoms with Crippen LogP contribution in [-0.4, -0.2) is 76.1 Å². The highest BCUT2D eigenvalue weighted by atomic mass is 32.1. The van der Waals surface area contributed by atoms with Gasteiger partial charge in [0.2, 0.25) is 29.4 Å². The Kier molecular flexibility index (Phi) is 23.0. The number of hydrogen-bond acceptors (Lipinski definition) is 8. The normalized spacial score (nSPS) is 12.5. The Bertz CT molecular complexity index is 2160. The first-order chi connectivity index (χ1) is 26.9. The number of para-hydroxylation sites is 2. The number of ketones is 1. The van der Waals surface area contributed by atoms with Crippen LogP contribution in [0.15, 0.2) is 90.1 Å². The third-order valence-corrected chi connectivity index (χ3v) is 10.2. The van der Waals surface area contributed by atoms with E-state index in [1.165, 1.54) is 18.3 Å². The molecule has 19 heteroatoms. The summed E-state index contributed by atoms with van der Waals surface area (Å²) in [6.45, 7) is 5.40. The van der Waals surface area contributed by atoms with Gasteiger partial charge in [-0.15, -0.1) is 11.3 Å². The second kappa shape index (κ2) is 25.8. The number of hydrogen-bond donors (Lipinski definition) is 7. The van der Waals surface area contributed by atoms with E-state index in [0.29, 0.717) is 11.9 Å². The second-order valence-electron chi connectivity index (χ2n) is 14.1. The van der Waals surface area contributed by atoms with Crippen molar-refractivity contribution in [1.29, 1.82) is 0 Å². The van der Waals surface area contributed by atoms with E-state index in [0.717, 1.165) is 26.7 Å². The van der Waals surface area contributed by atoms with Crippen LogP contribution in [-0.2, 0) is 32.0 Å². The highest BCUT2D eigenvalue weighted by Gasteiger charge is 2.33. The van der Waals surface area contributed by atoms with Crippen LogP contribution in [0.3, 0.4) is 0 Å². The van der Waals surface area contributed by atoms with Gasteiger partial charge < -0.3 is 37.7 Å². The number of aromatic amines is 1. The van der Waals surface area contributed by atoms with Crippen molar-refractivity contribution in [2.45, 2.75) is 77.0 Å². The van der Waals surface area contributed by atoms with Crippen molar-refractivity contribution >= 4 is 122 Å². The van der Waals surface area contributed by atoms with Gasteiger partial charge in [-0.1, -0.05) is 74.5 Å². The summed E-state index contributed by atoms with van der Waals surface area (Å²) < 4.78 is 0.830. The SMILES string of the molecule is CC(=O)N[C@@H](Cc1c[nH]c2ccccc12)C(=O)N[C@@H](CC(C)C)C(=O)N[C@@H](Cc1ccccc1)C(=O)N[C@@H](CCCN=C(N)N)C(=O)c1nc2ccccc2s1.S.S.S.S. The van der Waals surface area contributed by atoms with Gasteiger partial charge in [-0.25, -0.2) is 4.98 Å². The molecule has 9 N–H and O–H groups in total. The Balaban J connectivity index is 0.00000450. The Labute approximate surface area is 382 Å². The second-order valence-corrected chi connectivity index (χ2v) is 15.1. The van der Waals surface area contributed by atoms with Gasteiger partial charge in [0.25, 0.3) is 0 Å². The van der Waals surface area contributed by atoms with Gasteiger partial charge in [0.05, 0.1) is 16.3 Å². The van der Waals surface area contributed by atoms with E-state index in [2.05, 4.69) is 36.2 Å². The average molecular weight is 916 g/mol. The summed E-state index contributed by atoms with van der Waals surface area (Å²) in [4.78, 5) is 80.2. The number of Topliss-reactive ketones (excluding diaryl/α,β-unsaturated/α-hetero) is 1. The minimum absolute atomic E-state index is 0. The Morgan fingerprint density at radius 2 is 1.32 bits per heavy atom. The number of thiazole rings is 1. The molecule has 3 aromatic carbocycles. The topological polar surface area (TPSA) is 227 Å². The van der Waals surface area contributed by atoms with Crippen molar-refractivity contribution < 1.29 is 24.0 Å². The van der Waals surface area contributed by atoms with E-state index in [1.54, 1.807) is 6.20 Å². The Morgan fingerprint density at radius 1 is 0.733 bits per heavy atom. The Morgan fingerprint density at radius 3 is 1.97 bits per heavy atom.